The van der Waals surface area contributed by atoms with Crippen LogP contribution >= 0.6 is 0 Å². The first-order chi connectivity index (χ1) is 12.7. The van der Waals surface area contributed by atoms with Crippen LogP contribution in [0.15, 0.2) is 24.3 Å². The van der Waals surface area contributed by atoms with E-state index >= 15 is 0 Å². The number of benzene rings is 2. The van der Waals surface area contributed by atoms with E-state index in [0.717, 1.165) is 12.1 Å². The minimum atomic E-state index is -1.14. The molecule has 2 amide bonds. The van der Waals surface area contributed by atoms with Crippen molar-refractivity contribution in [2.45, 2.75) is 26.7 Å². The van der Waals surface area contributed by atoms with Gasteiger partial charge in [0.2, 0.25) is 5.91 Å². The summed E-state index contributed by atoms with van der Waals surface area (Å²) in [5.41, 5.74) is 1.32. The number of hydrazine groups is 1. The number of rotatable bonds is 5. The molecule has 2 rings (SSSR count). The van der Waals surface area contributed by atoms with Gasteiger partial charge in [0.15, 0.2) is 11.6 Å². The lowest BCUT2D eigenvalue weighted by molar-refractivity contribution is -0.128. The number of aromatic hydroxyl groups is 1. The van der Waals surface area contributed by atoms with E-state index < -0.39 is 29.9 Å². The SMILES string of the molecule is CCc1c(C(=O)N(N)C(=O)Cc2cc(F)c(F)cc2OC)ccc(O)c1C. The molecule has 0 aromatic heterocycles. The first kappa shape index (κ1) is 20.3. The molecule has 6 nitrogen and oxygen atoms in total. The maximum Gasteiger partial charge on any atom is 0.275 e. The molecule has 8 heteroatoms. The molecule has 2 aromatic rings. The summed E-state index contributed by atoms with van der Waals surface area (Å²) in [5.74, 6) is 1.84. The van der Waals surface area contributed by atoms with Gasteiger partial charge < -0.3 is 9.84 Å². The molecule has 0 heterocycles. The van der Waals surface area contributed by atoms with Crippen LogP contribution in [-0.2, 0) is 17.6 Å². The third-order valence-corrected chi connectivity index (χ3v) is 4.31. The summed E-state index contributed by atoms with van der Waals surface area (Å²) in [6.07, 6.45) is -0.0124. The maximum atomic E-state index is 13.5. The van der Waals surface area contributed by atoms with Gasteiger partial charge in [0.05, 0.1) is 13.5 Å². The predicted molar refractivity (Wildman–Crippen MR) is 94.2 cm³/mol. The topological polar surface area (TPSA) is 92.9 Å². The molecule has 27 heavy (non-hydrogen) atoms. The van der Waals surface area contributed by atoms with Crippen LogP contribution in [0.5, 0.6) is 11.5 Å². The monoisotopic (exact) mass is 378 g/mol. The number of phenolic OH excluding ortho intramolecular Hbond substituents is 1. The number of methoxy groups -OCH3 is 1. The first-order valence-corrected chi connectivity index (χ1v) is 8.16. The molecular formula is C19H20F2N2O4. The van der Waals surface area contributed by atoms with Gasteiger partial charge in [0, 0.05) is 17.2 Å². The van der Waals surface area contributed by atoms with Crippen LogP contribution in [0.2, 0.25) is 0 Å². The van der Waals surface area contributed by atoms with Crippen LogP contribution in [0.1, 0.15) is 34.0 Å². The van der Waals surface area contributed by atoms with Gasteiger partial charge in [0.1, 0.15) is 11.5 Å². The molecule has 0 aliphatic heterocycles. The van der Waals surface area contributed by atoms with Crippen molar-refractivity contribution in [2.24, 2.45) is 5.84 Å². The average molecular weight is 378 g/mol. The van der Waals surface area contributed by atoms with Crippen LogP contribution in [0, 0.1) is 18.6 Å². The zero-order chi connectivity index (χ0) is 20.3. The zero-order valence-corrected chi connectivity index (χ0v) is 15.2. The van der Waals surface area contributed by atoms with Gasteiger partial charge in [0.25, 0.3) is 5.91 Å². The Bertz CT molecular complexity index is 900. The van der Waals surface area contributed by atoms with Crippen LogP contribution in [0.3, 0.4) is 0 Å². The summed E-state index contributed by atoms with van der Waals surface area (Å²) in [6, 6.07) is 4.37. The number of phenols is 1. The van der Waals surface area contributed by atoms with E-state index in [0.29, 0.717) is 22.6 Å². The highest BCUT2D eigenvalue weighted by atomic mass is 19.2. The van der Waals surface area contributed by atoms with Gasteiger partial charge >= 0.3 is 0 Å². The van der Waals surface area contributed by atoms with Crippen LogP contribution < -0.4 is 10.6 Å². The Morgan fingerprint density at radius 2 is 1.85 bits per heavy atom. The number of hydrogen-bond donors (Lipinski definition) is 2. The number of ether oxygens (including phenoxy) is 1. The number of halogens is 2. The minimum Gasteiger partial charge on any atom is -0.508 e. The Morgan fingerprint density at radius 3 is 2.44 bits per heavy atom. The lowest BCUT2D eigenvalue weighted by Crippen LogP contribution is -2.44. The molecule has 0 radical (unpaired) electrons. The van der Waals surface area contributed by atoms with Crippen molar-refractivity contribution in [1.29, 1.82) is 0 Å². The summed E-state index contributed by atoms with van der Waals surface area (Å²) in [7, 11) is 1.25. The highest BCUT2D eigenvalue weighted by Gasteiger charge is 2.24. The second-order valence-electron chi connectivity index (χ2n) is 5.91. The van der Waals surface area contributed by atoms with E-state index in [2.05, 4.69) is 0 Å². The van der Waals surface area contributed by atoms with Crippen LogP contribution in [0.4, 0.5) is 8.78 Å². The fraction of sp³-hybridized carbons (Fsp3) is 0.263. The molecule has 0 fully saturated rings. The largest absolute Gasteiger partial charge is 0.508 e. The summed E-state index contributed by atoms with van der Waals surface area (Å²) < 4.78 is 31.7. The molecule has 144 valence electrons. The first-order valence-electron chi connectivity index (χ1n) is 8.16. The molecule has 0 bridgehead atoms. The smallest absolute Gasteiger partial charge is 0.275 e. The molecular weight excluding hydrogens is 358 g/mol. The molecule has 0 unspecified atom stereocenters. The molecule has 0 atom stereocenters. The summed E-state index contributed by atoms with van der Waals surface area (Å²) in [5, 5.41) is 10.2. The van der Waals surface area contributed by atoms with E-state index in [-0.39, 0.29) is 22.6 Å². The number of imide groups is 1. The van der Waals surface area contributed by atoms with Gasteiger partial charge in [-0.15, -0.1) is 0 Å². The number of carbonyl (C=O) groups is 2. The third-order valence-electron chi connectivity index (χ3n) is 4.31. The van der Waals surface area contributed by atoms with E-state index in [1.54, 1.807) is 13.8 Å². The van der Waals surface area contributed by atoms with Gasteiger partial charge in [-0.2, -0.15) is 0 Å². The van der Waals surface area contributed by atoms with Crippen molar-refractivity contribution in [3.8, 4) is 11.5 Å². The fourth-order valence-corrected chi connectivity index (χ4v) is 2.79. The van der Waals surface area contributed by atoms with Crippen molar-refractivity contribution in [2.75, 3.05) is 7.11 Å². The standard InChI is InChI=1S/C19H20F2N2O4/c1-4-12-10(2)16(24)6-5-13(12)19(26)23(22)18(25)8-11-7-14(20)15(21)9-17(11)27-3/h5-7,9,24H,4,8,22H2,1-3H3. The molecule has 0 spiro atoms. The maximum absolute atomic E-state index is 13.5. The highest BCUT2D eigenvalue weighted by Crippen LogP contribution is 2.26. The van der Waals surface area contributed by atoms with Gasteiger partial charge in [-0.1, -0.05) is 6.92 Å². The minimum absolute atomic E-state index is 0.0298. The summed E-state index contributed by atoms with van der Waals surface area (Å²) >= 11 is 0. The molecule has 0 saturated heterocycles. The Labute approximate surface area is 155 Å². The lowest BCUT2D eigenvalue weighted by Gasteiger charge is -2.19. The number of hydrogen-bond acceptors (Lipinski definition) is 5. The van der Waals surface area contributed by atoms with Crippen molar-refractivity contribution in [3.05, 3.63) is 58.2 Å². The Kier molecular flexibility index (Phi) is 6.12. The number of amides is 2. The van der Waals surface area contributed by atoms with E-state index in [1.807, 2.05) is 0 Å². The number of nitrogens with zero attached hydrogens (tertiary/aromatic N) is 1. The Morgan fingerprint density at radius 1 is 1.22 bits per heavy atom. The summed E-state index contributed by atoms with van der Waals surface area (Å²) in [4.78, 5) is 25.0. The number of carbonyl (C=O) groups excluding carboxylic acids is 2. The van der Waals surface area contributed by atoms with E-state index in [1.165, 1.54) is 19.2 Å². The summed E-state index contributed by atoms with van der Waals surface area (Å²) in [6.45, 7) is 3.45. The second-order valence-corrected chi connectivity index (χ2v) is 5.91. The average Bonchev–Trinajstić information content (AvgIpc) is 2.65. The number of nitrogens with two attached hydrogens (primary N) is 1. The highest BCUT2D eigenvalue weighted by molar-refractivity contribution is 6.05. The Balaban J connectivity index is 2.30. The van der Waals surface area contributed by atoms with Crippen molar-refractivity contribution in [3.63, 3.8) is 0 Å². The van der Waals surface area contributed by atoms with E-state index in [9.17, 15) is 23.5 Å². The second kappa shape index (κ2) is 8.13. The zero-order valence-electron chi connectivity index (χ0n) is 15.2. The molecule has 3 N–H and O–H groups in total. The lowest BCUT2D eigenvalue weighted by atomic mass is 9.98. The van der Waals surface area contributed by atoms with E-state index in [4.69, 9.17) is 10.6 Å². The molecule has 0 aliphatic rings. The normalized spacial score (nSPS) is 10.6. The Hall–Kier alpha value is -3.00. The van der Waals surface area contributed by atoms with Gasteiger partial charge in [-0.05, 0) is 42.7 Å². The van der Waals surface area contributed by atoms with Gasteiger partial charge in [-0.25, -0.2) is 19.6 Å². The van der Waals surface area contributed by atoms with Crippen LogP contribution in [-0.4, -0.2) is 29.0 Å². The third kappa shape index (κ3) is 4.06. The molecule has 0 saturated carbocycles. The fourth-order valence-electron chi connectivity index (χ4n) is 2.79. The van der Waals surface area contributed by atoms with Crippen molar-refractivity contribution < 1.29 is 28.2 Å². The molecule has 2 aromatic carbocycles. The quantitative estimate of drug-likeness (QED) is 0.474. The predicted octanol–water partition coefficient (Wildman–Crippen LogP) is 2.64. The van der Waals surface area contributed by atoms with Crippen LogP contribution in [0.25, 0.3) is 0 Å². The van der Waals surface area contributed by atoms with Crippen molar-refractivity contribution in [1.82, 2.24) is 5.01 Å². The molecule has 0 aliphatic carbocycles. The van der Waals surface area contributed by atoms with Gasteiger partial charge in [-0.3, -0.25) is 9.59 Å². The van der Waals surface area contributed by atoms with Crippen molar-refractivity contribution >= 4 is 11.8 Å².